The number of anilines is 1. The maximum atomic E-state index is 6.00. The van der Waals surface area contributed by atoms with Gasteiger partial charge in [0.05, 0.1) is 11.9 Å². The Bertz CT molecular complexity index is 683. The Morgan fingerprint density at radius 2 is 2.00 bits per heavy atom. The number of pyridine rings is 1. The maximum Gasteiger partial charge on any atom is 0.0581 e. The molecule has 0 aliphatic rings. The van der Waals surface area contributed by atoms with Crippen molar-refractivity contribution >= 4 is 16.6 Å². The van der Waals surface area contributed by atoms with Crippen LogP contribution in [-0.4, -0.2) is 9.97 Å². The SMILES string of the molecule is Cc1[nH]c2ccccc2c1-c1ccncc1N. The molecule has 0 saturated heterocycles. The van der Waals surface area contributed by atoms with Gasteiger partial charge < -0.3 is 10.7 Å². The van der Waals surface area contributed by atoms with Crippen molar-refractivity contribution in [2.75, 3.05) is 5.73 Å². The van der Waals surface area contributed by atoms with Crippen LogP contribution >= 0.6 is 0 Å². The van der Waals surface area contributed by atoms with Gasteiger partial charge in [0.25, 0.3) is 0 Å². The van der Waals surface area contributed by atoms with Crippen molar-refractivity contribution in [3.05, 3.63) is 48.4 Å². The minimum absolute atomic E-state index is 0.709. The van der Waals surface area contributed by atoms with E-state index in [1.807, 2.05) is 18.2 Å². The van der Waals surface area contributed by atoms with Gasteiger partial charge in [-0.05, 0) is 19.1 Å². The number of benzene rings is 1. The standard InChI is InChI=1S/C14H13N3/c1-9-14(10-6-7-16-8-12(10)15)11-4-2-3-5-13(11)17-9/h2-8,17H,15H2,1H3. The highest BCUT2D eigenvalue weighted by atomic mass is 14.7. The molecule has 0 aliphatic carbocycles. The molecule has 3 N–H and O–H groups in total. The largest absolute Gasteiger partial charge is 0.397 e. The van der Waals surface area contributed by atoms with Crippen LogP contribution in [-0.2, 0) is 0 Å². The van der Waals surface area contributed by atoms with Gasteiger partial charge in [-0.2, -0.15) is 0 Å². The number of nitrogens with zero attached hydrogens (tertiary/aromatic N) is 1. The average molecular weight is 223 g/mol. The number of aromatic nitrogens is 2. The molecule has 0 atom stereocenters. The molecule has 17 heavy (non-hydrogen) atoms. The highest BCUT2D eigenvalue weighted by molar-refractivity contribution is 5.99. The molecule has 3 rings (SSSR count). The van der Waals surface area contributed by atoms with Crippen LogP contribution in [0.2, 0.25) is 0 Å². The molecule has 3 heteroatoms. The van der Waals surface area contributed by atoms with E-state index < -0.39 is 0 Å². The molecule has 2 heterocycles. The minimum atomic E-state index is 0.709. The molecule has 0 bridgehead atoms. The molecule has 0 fully saturated rings. The fraction of sp³-hybridized carbons (Fsp3) is 0.0714. The van der Waals surface area contributed by atoms with Crippen LogP contribution in [0.4, 0.5) is 5.69 Å². The van der Waals surface area contributed by atoms with Crippen molar-refractivity contribution in [1.82, 2.24) is 9.97 Å². The first-order valence-electron chi connectivity index (χ1n) is 5.54. The molecule has 0 aliphatic heterocycles. The van der Waals surface area contributed by atoms with E-state index in [9.17, 15) is 0 Å². The van der Waals surface area contributed by atoms with Crippen molar-refractivity contribution in [1.29, 1.82) is 0 Å². The maximum absolute atomic E-state index is 6.00. The molecule has 0 radical (unpaired) electrons. The number of nitrogen functional groups attached to an aromatic ring is 1. The monoisotopic (exact) mass is 223 g/mol. The van der Waals surface area contributed by atoms with E-state index in [1.54, 1.807) is 12.4 Å². The van der Waals surface area contributed by atoms with Gasteiger partial charge in [-0.3, -0.25) is 4.98 Å². The first-order chi connectivity index (χ1) is 8.27. The predicted octanol–water partition coefficient (Wildman–Crippen LogP) is 3.12. The Hall–Kier alpha value is -2.29. The first-order valence-corrected chi connectivity index (χ1v) is 5.54. The molecule has 1 aromatic carbocycles. The zero-order valence-corrected chi connectivity index (χ0v) is 9.57. The molecule has 3 aromatic rings. The second-order valence-corrected chi connectivity index (χ2v) is 4.13. The van der Waals surface area contributed by atoms with Gasteiger partial charge in [0.2, 0.25) is 0 Å². The van der Waals surface area contributed by atoms with E-state index in [4.69, 9.17) is 5.73 Å². The number of H-pyrrole nitrogens is 1. The van der Waals surface area contributed by atoms with Gasteiger partial charge >= 0.3 is 0 Å². The number of nitrogens with two attached hydrogens (primary N) is 1. The summed E-state index contributed by atoms with van der Waals surface area (Å²) in [7, 11) is 0. The smallest absolute Gasteiger partial charge is 0.0581 e. The van der Waals surface area contributed by atoms with E-state index >= 15 is 0 Å². The van der Waals surface area contributed by atoms with Crippen molar-refractivity contribution in [3.63, 3.8) is 0 Å². The molecule has 0 unspecified atom stereocenters. The lowest BCUT2D eigenvalue weighted by molar-refractivity contribution is 1.29. The van der Waals surface area contributed by atoms with E-state index in [-0.39, 0.29) is 0 Å². The third-order valence-electron chi connectivity index (χ3n) is 3.01. The summed E-state index contributed by atoms with van der Waals surface area (Å²) in [6.07, 6.45) is 3.46. The number of rotatable bonds is 1. The number of aromatic amines is 1. The second kappa shape index (κ2) is 3.63. The van der Waals surface area contributed by atoms with Crippen LogP contribution < -0.4 is 5.73 Å². The molecule has 3 nitrogen and oxygen atoms in total. The molecule has 0 amide bonds. The molecule has 2 aromatic heterocycles. The second-order valence-electron chi connectivity index (χ2n) is 4.13. The Labute approximate surface area is 99.3 Å². The van der Waals surface area contributed by atoms with E-state index in [1.165, 1.54) is 10.9 Å². The summed E-state index contributed by atoms with van der Waals surface area (Å²) >= 11 is 0. The molecule has 0 saturated carbocycles. The van der Waals surface area contributed by atoms with Gasteiger partial charge in [0, 0.05) is 33.9 Å². The van der Waals surface area contributed by atoms with Gasteiger partial charge in [-0.15, -0.1) is 0 Å². The normalized spacial score (nSPS) is 10.9. The van der Waals surface area contributed by atoms with Gasteiger partial charge in [0.1, 0.15) is 0 Å². The summed E-state index contributed by atoms with van der Waals surface area (Å²) in [5.74, 6) is 0. The minimum Gasteiger partial charge on any atom is -0.397 e. The van der Waals surface area contributed by atoms with Gasteiger partial charge in [0.15, 0.2) is 0 Å². The summed E-state index contributed by atoms with van der Waals surface area (Å²) in [6.45, 7) is 2.06. The van der Waals surface area contributed by atoms with E-state index in [2.05, 4.69) is 29.0 Å². The van der Waals surface area contributed by atoms with Crippen LogP contribution in [0.25, 0.3) is 22.0 Å². The number of hydrogen-bond acceptors (Lipinski definition) is 2. The topological polar surface area (TPSA) is 54.7 Å². The number of para-hydroxylation sites is 1. The average Bonchev–Trinajstić information content (AvgIpc) is 2.66. The number of nitrogens with one attached hydrogen (secondary N) is 1. The highest BCUT2D eigenvalue weighted by Crippen LogP contribution is 2.34. The highest BCUT2D eigenvalue weighted by Gasteiger charge is 2.11. The molecular weight excluding hydrogens is 210 g/mol. The van der Waals surface area contributed by atoms with Crippen LogP contribution in [0.5, 0.6) is 0 Å². The number of aryl methyl sites for hydroxylation is 1. The summed E-state index contributed by atoms with van der Waals surface area (Å²) in [4.78, 5) is 7.41. The van der Waals surface area contributed by atoms with Crippen molar-refractivity contribution in [2.24, 2.45) is 0 Å². The number of fused-ring (bicyclic) bond motifs is 1. The van der Waals surface area contributed by atoms with E-state index in [0.717, 1.165) is 16.8 Å². The zero-order chi connectivity index (χ0) is 11.8. The van der Waals surface area contributed by atoms with E-state index in [0.29, 0.717) is 5.69 Å². The third kappa shape index (κ3) is 1.47. The quantitative estimate of drug-likeness (QED) is 0.666. The lowest BCUT2D eigenvalue weighted by Gasteiger charge is -2.04. The van der Waals surface area contributed by atoms with Crippen molar-refractivity contribution in [3.8, 4) is 11.1 Å². The van der Waals surface area contributed by atoms with Crippen molar-refractivity contribution < 1.29 is 0 Å². The lowest BCUT2D eigenvalue weighted by atomic mass is 10.0. The molecular formula is C14H13N3. The molecule has 0 spiro atoms. The van der Waals surface area contributed by atoms with Crippen molar-refractivity contribution in [2.45, 2.75) is 6.92 Å². The zero-order valence-electron chi connectivity index (χ0n) is 9.57. The predicted molar refractivity (Wildman–Crippen MR) is 70.7 cm³/mol. The van der Waals surface area contributed by atoms with Gasteiger partial charge in [-0.25, -0.2) is 0 Å². The Balaban J connectivity index is 2.38. The van der Waals surface area contributed by atoms with Crippen LogP contribution in [0.1, 0.15) is 5.69 Å². The Morgan fingerprint density at radius 1 is 1.18 bits per heavy atom. The number of hydrogen-bond donors (Lipinski definition) is 2. The first kappa shape index (κ1) is 9.90. The fourth-order valence-corrected chi connectivity index (χ4v) is 2.26. The Kier molecular flexibility index (Phi) is 2.11. The lowest BCUT2D eigenvalue weighted by Crippen LogP contribution is -1.91. The summed E-state index contributed by atoms with van der Waals surface area (Å²) in [5, 5.41) is 1.20. The molecule has 84 valence electrons. The third-order valence-corrected chi connectivity index (χ3v) is 3.01. The van der Waals surface area contributed by atoms with Crippen LogP contribution in [0.15, 0.2) is 42.7 Å². The Morgan fingerprint density at radius 3 is 2.82 bits per heavy atom. The summed E-state index contributed by atoms with van der Waals surface area (Å²) in [6, 6.07) is 10.2. The summed E-state index contributed by atoms with van der Waals surface area (Å²) in [5.41, 5.74) is 11.2. The fourth-order valence-electron chi connectivity index (χ4n) is 2.26. The summed E-state index contributed by atoms with van der Waals surface area (Å²) < 4.78 is 0. The van der Waals surface area contributed by atoms with Crippen LogP contribution in [0.3, 0.4) is 0 Å². The van der Waals surface area contributed by atoms with Gasteiger partial charge in [-0.1, -0.05) is 18.2 Å². The van der Waals surface area contributed by atoms with Crippen LogP contribution in [0, 0.1) is 6.92 Å².